The summed E-state index contributed by atoms with van der Waals surface area (Å²) in [6.07, 6.45) is 8.58. The summed E-state index contributed by atoms with van der Waals surface area (Å²) in [5.74, 6) is 1.49. The van der Waals surface area contributed by atoms with Crippen LogP contribution < -0.4 is 5.32 Å². The molecule has 2 nitrogen and oxygen atoms in total. The average molecular weight is 193 g/mol. The van der Waals surface area contributed by atoms with Gasteiger partial charge in [-0.25, -0.2) is 0 Å². The smallest absolute Gasteiger partial charge is 0.139 e. The van der Waals surface area contributed by atoms with Gasteiger partial charge in [-0.05, 0) is 38.5 Å². The number of carbonyl (C=O) groups is 1. The second-order valence-corrected chi connectivity index (χ2v) is 5.34. The van der Waals surface area contributed by atoms with E-state index in [0.29, 0.717) is 29.7 Å². The molecule has 2 heteroatoms. The lowest BCUT2D eigenvalue weighted by molar-refractivity contribution is -0.125. The van der Waals surface area contributed by atoms with E-state index in [9.17, 15) is 4.79 Å². The molecule has 3 fully saturated rings. The summed E-state index contributed by atoms with van der Waals surface area (Å²) in [7, 11) is 0. The Bertz CT molecular complexity index is 235. The molecule has 3 aliphatic rings. The zero-order chi connectivity index (χ0) is 9.54. The third-order valence-corrected chi connectivity index (χ3v) is 4.10. The first-order chi connectivity index (χ1) is 6.83. The lowest BCUT2D eigenvalue weighted by Gasteiger charge is -2.39. The molecule has 0 amide bonds. The highest BCUT2D eigenvalue weighted by Gasteiger charge is 2.40. The van der Waals surface area contributed by atoms with Crippen molar-refractivity contribution < 1.29 is 4.79 Å². The Morgan fingerprint density at radius 3 is 2.14 bits per heavy atom. The van der Waals surface area contributed by atoms with Crippen molar-refractivity contribution in [1.29, 1.82) is 0 Å². The third-order valence-electron chi connectivity index (χ3n) is 4.10. The Morgan fingerprint density at radius 1 is 0.929 bits per heavy atom. The summed E-state index contributed by atoms with van der Waals surface area (Å²) in [6, 6.07) is 1.32. The van der Waals surface area contributed by atoms with Crippen LogP contribution in [0.5, 0.6) is 0 Å². The maximum Gasteiger partial charge on any atom is 0.139 e. The van der Waals surface area contributed by atoms with Crippen molar-refractivity contribution in [3.63, 3.8) is 0 Å². The van der Waals surface area contributed by atoms with Crippen LogP contribution in [-0.4, -0.2) is 17.9 Å². The number of hydrogen-bond acceptors (Lipinski definition) is 2. The van der Waals surface area contributed by atoms with E-state index in [-0.39, 0.29) is 0 Å². The summed E-state index contributed by atoms with van der Waals surface area (Å²) >= 11 is 0. The second kappa shape index (κ2) is 3.34. The van der Waals surface area contributed by atoms with Crippen LogP contribution in [0.4, 0.5) is 0 Å². The minimum absolute atomic E-state index is 0.416. The Kier molecular flexibility index (Phi) is 2.12. The molecule has 0 radical (unpaired) electrons. The first-order valence-electron chi connectivity index (χ1n) is 6.12. The van der Waals surface area contributed by atoms with Crippen LogP contribution in [0.25, 0.3) is 0 Å². The molecule has 3 rings (SSSR count). The number of ketones is 1. The first kappa shape index (κ1) is 8.90. The zero-order valence-corrected chi connectivity index (χ0v) is 8.67. The van der Waals surface area contributed by atoms with Gasteiger partial charge in [0.1, 0.15) is 5.78 Å². The molecular weight excluding hydrogens is 174 g/mol. The molecule has 0 spiro atoms. The van der Waals surface area contributed by atoms with E-state index in [1.165, 1.54) is 32.1 Å². The first-order valence-corrected chi connectivity index (χ1v) is 6.12. The number of Topliss-reactive ketones (excluding diaryl/α,β-unsaturated/α-hetero) is 1. The zero-order valence-electron chi connectivity index (χ0n) is 8.67. The maximum atomic E-state index is 12.0. The fourth-order valence-electron chi connectivity index (χ4n) is 3.20. The Labute approximate surface area is 85.4 Å². The summed E-state index contributed by atoms with van der Waals surface area (Å²) in [4.78, 5) is 12.0. The van der Waals surface area contributed by atoms with Gasteiger partial charge in [0.2, 0.25) is 0 Å². The fraction of sp³-hybridized carbons (Fsp3) is 0.917. The van der Waals surface area contributed by atoms with Gasteiger partial charge in [-0.2, -0.15) is 0 Å². The normalized spacial score (nSPS) is 42.1. The van der Waals surface area contributed by atoms with Gasteiger partial charge >= 0.3 is 0 Å². The topological polar surface area (TPSA) is 29.1 Å². The van der Waals surface area contributed by atoms with Gasteiger partial charge in [0, 0.05) is 23.9 Å². The Hall–Kier alpha value is -0.370. The fourth-order valence-corrected chi connectivity index (χ4v) is 3.20. The minimum Gasteiger partial charge on any atom is -0.311 e. The molecule has 2 saturated heterocycles. The van der Waals surface area contributed by atoms with Gasteiger partial charge in [-0.3, -0.25) is 4.79 Å². The van der Waals surface area contributed by atoms with Crippen LogP contribution >= 0.6 is 0 Å². The van der Waals surface area contributed by atoms with Crippen molar-refractivity contribution in [2.45, 2.75) is 57.0 Å². The number of hydrogen-bond donors (Lipinski definition) is 1. The largest absolute Gasteiger partial charge is 0.311 e. The molecule has 0 aromatic rings. The molecule has 2 atom stereocenters. The monoisotopic (exact) mass is 193 g/mol. The van der Waals surface area contributed by atoms with E-state index in [2.05, 4.69) is 5.32 Å². The SMILES string of the molecule is O=C(C1CC1)C1CC2CCCC(C1)N2. The number of nitrogens with one attached hydrogen (secondary N) is 1. The molecule has 2 unspecified atom stereocenters. The van der Waals surface area contributed by atoms with Crippen molar-refractivity contribution in [3.8, 4) is 0 Å². The number of rotatable bonds is 2. The van der Waals surface area contributed by atoms with Crippen LogP contribution in [0.15, 0.2) is 0 Å². The predicted octanol–water partition coefficient (Wildman–Crippen LogP) is 1.89. The van der Waals surface area contributed by atoms with Crippen molar-refractivity contribution in [3.05, 3.63) is 0 Å². The highest BCUT2D eigenvalue weighted by Crippen LogP contribution is 2.38. The van der Waals surface area contributed by atoms with E-state index >= 15 is 0 Å². The summed E-state index contributed by atoms with van der Waals surface area (Å²) in [6.45, 7) is 0. The molecule has 78 valence electrons. The highest BCUT2D eigenvalue weighted by atomic mass is 16.1. The van der Waals surface area contributed by atoms with Crippen LogP contribution in [0.3, 0.4) is 0 Å². The van der Waals surface area contributed by atoms with Crippen molar-refractivity contribution in [2.24, 2.45) is 11.8 Å². The standard InChI is InChI=1S/C12H19NO/c14-12(8-4-5-8)9-6-10-2-1-3-11(7-9)13-10/h8-11,13H,1-7H2. The third kappa shape index (κ3) is 1.60. The number of fused-ring (bicyclic) bond motifs is 2. The number of carbonyl (C=O) groups excluding carboxylic acids is 1. The quantitative estimate of drug-likeness (QED) is 0.725. The van der Waals surface area contributed by atoms with Crippen LogP contribution in [-0.2, 0) is 4.79 Å². The second-order valence-electron chi connectivity index (χ2n) is 5.34. The molecule has 14 heavy (non-hydrogen) atoms. The molecule has 1 N–H and O–H groups in total. The summed E-state index contributed by atoms with van der Waals surface area (Å²) < 4.78 is 0. The molecule has 1 saturated carbocycles. The number of piperidine rings is 2. The Morgan fingerprint density at radius 2 is 1.57 bits per heavy atom. The van der Waals surface area contributed by atoms with Gasteiger partial charge in [-0.1, -0.05) is 6.42 Å². The highest BCUT2D eigenvalue weighted by molar-refractivity contribution is 5.85. The molecule has 2 bridgehead atoms. The van der Waals surface area contributed by atoms with Crippen molar-refractivity contribution in [1.82, 2.24) is 5.32 Å². The molecule has 0 aromatic carbocycles. The lowest BCUT2D eigenvalue weighted by atomic mass is 9.77. The average Bonchev–Trinajstić information content (AvgIpc) is 2.99. The van der Waals surface area contributed by atoms with Crippen LogP contribution in [0.2, 0.25) is 0 Å². The van der Waals surface area contributed by atoms with Crippen molar-refractivity contribution >= 4 is 5.78 Å². The van der Waals surface area contributed by atoms with Gasteiger partial charge in [0.15, 0.2) is 0 Å². The van der Waals surface area contributed by atoms with Gasteiger partial charge < -0.3 is 5.32 Å². The molecule has 2 heterocycles. The molecule has 1 aliphatic carbocycles. The van der Waals surface area contributed by atoms with Gasteiger partial charge in [0.05, 0.1) is 0 Å². The van der Waals surface area contributed by atoms with E-state index in [1.54, 1.807) is 0 Å². The lowest BCUT2D eigenvalue weighted by Crippen LogP contribution is -2.50. The van der Waals surface area contributed by atoms with Gasteiger partial charge in [0.25, 0.3) is 0 Å². The van der Waals surface area contributed by atoms with E-state index < -0.39 is 0 Å². The molecular formula is C12H19NO. The Balaban J connectivity index is 1.66. The van der Waals surface area contributed by atoms with Crippen LogP contribution in [0, 0.1) is 11.8 Å². The maximum absolute atomic E-state index is 12.0. The van der Waals surface area contributed by atoms with Crippen LogP contribution in [0.1, 0.15) is 44.9 Å². The van der Waals surface area contributed by atoms with E-state index in [0.717, 1.165) is 12.8 Å². The van der Waals surface area contributed by atoms with Crippen molar-refractivity contribution in [2.75, 3.05) is 0 Å². The van der Waals surface area contributed by atoms with Gasteiger partial charge in [-0.15, -0.1) is 0 Å². The summed E-state index contributed by atoms with van der Waals surface area (Å²) in [5, 5.41) is 3.64. The van der Waals surface area contributed by atoms with E-state index in [1.807, 2.05) is 0 Å². The molecule has 2 aliphatic heterocycles. The minimum atomic E-state index is 0.416. The van der Waals surface area contributed by atoms with E-state index in [4.69, 9.17) is 0 Å². The summed E-state index contributed by atoms with van der Waals surface area (Å²) in [5.41, 5.74) is 0. The predicted molar refractivity (Wildman–Crippen MR) is 55.0 cm³/mol. The molecule has 0 aromatic heterocycles.